The molecule has 0 unspecified atom stereocenters. The number of hydrogen-bond acceptors (Lipinski definition) is 4. The van der Waals surface area contributed by atoms with Crippen molar-refractivity contribution in [2.45, 2.75) is 13.8 Å². The average molecular weight is 326 g/mol. The number of hydrogen-bond donors (Lipinski definition) is 0. The van der Waals surface area contributed by atoms with Gasteiger partial charge in [-0.1, -0.05) is 19.9 Å². The molecule has 0 aliphatic carbocycles. The van der Waals surface area contributed by atoms with E-state index in [1.165, 1.54) is 7.11 Å². The van der Waals surface area contributed by atoms with Gasteiger partial charge in [-0.05, 0) is 28.1 Å². The summed E-state index contributed by atoms with van der Waals surface area (Å²) in [6, 6.07) is 7.19. The van der Waals surface area contributed by atoms with Crippen LogP contribution in [0.3, 0.4) is 0 Å². The molecule has 0 saturated carbocycles. The molecule has 4 nitrogen and oxygen atoms in total. The summed E-state index contributed by atoms with van der Waals surface area (Å²) in [5.41, 5.74) is 0.899. The highest BCUT2D eigenvalue weighted by atomic mass is 79.9. The summed E-state index contributed by atoms with van der Waals surface area (Å²) in [6.07, 6.45) is 0. The van der Waals surface area contributed by atoms with Crippen LogP contribution in [0.1, 0.15) is 24.3 Å². The predicted octanol–water partition coefficient (Wildman–Crippen LogP) is 3.82. The van der Waals surface area contributed by atoms with Crippen LogP contribution in [0.15, 0.2) is 28.7 Å². The summed E-state index contributed by atoms with van der Waals surface area (Å²) in [7, 11) is 2.87. The van der Waals surface area contributed by atoms with Gasteiger partial charge < -0.3 is 9.47 Å². The predicted molar refractivity (Wildman–Crippen MR) is 78.7 cm³/mol. The van der Waals surface area contributed by atoms with Gasteiger partial charge in [0.25, 0.3) is 0 Å². The number of carbonyl (C=O) groups excluding carboxylic acids is 1. The Morgan fingerprint density at radius 3 is 2.53 bits per heavy atom. The summed E-state index contributed by atoms with van der Waals surface area (Å²) in [5, 5.41) is 0.842. The molecule has 0 amide bonds. The minimum absolute atomic E-state index is 0.226. The van der Waals surface area contributed by atoms with E-state index in [0.29, 0.717) is 11.3 Å². The van der Waals surface area contributed by atoms with E-state index in [1.54, 1.807) is 13.2 Å². The van der Waals surface area contributed by atoms with Gasteiger partial charge in [0.2, 0.25) is 0 Å². The first-order chi connectivity index (χ1) is 9.17. The third kappa shape index (κ3) is 3.23. The molecule has 102 valence electrons. The lowest BCUT2D eigenvalue weighted by Gasteiger charge is -2.08. The quantitative estimate of drug-likeness (QED) is 0.787. The molecule has 0 aliphatic rings. The van der Waals surface area contributed by atoms with Crippen LogP contribution < -0.4 is 4.74 Å². The second-order valence-electron chi connectivity index (χ2n) is 3.34. The number of fused-ring (bicyclic) bond motifs is 1. The lowest BCUT2D eigenvalue weighted by molar-refractivity contribution is 0.0594. The zero-order valence-corrected chi connectivity index (χ0v) is 12.9. The Balaban J connectivity index is 0.000000861. The Hall–Kier alpha value is -1.62. The van der Waals surface area contributed by atoms with E-state index < -0.39 is 5.97 Å². The largest absolute Gasteiger partial charge is 0.496 e. The normalized spacial score (nSPS) is 9.53. The Morgan fingerprint density at radius 2 is 1.95 bits per heavy atom. The van der Waals surface area contributed by atoms with E-state index >= 15 is 0 Å². The van der Waals surface area contributed by atoms with Gasteiger partial charge in [0.15, 0.2) is 5.69 Å². The molecule has 0 saturated heterocycles. The number of benzene rings is 1. The first kappa shape index (κ1) is 15.4. The number of halogens is 1. The lowest BCUT2D eigenvalue weighted by Crippen LogP contribution is -2.05. The average Bonchev–Trinajstić information content (AvgIpc) is 2.48. The first-order valence-electron chi connectivity index (χ1n) is 5.89. The standard InChI is InChI=1S/C12H10BrNO3.C2H6/c1-16-10-6-9(12(15)17-2)14-11-7(10)4-3-5-8(11)13;1-2/h3-6H,1-2H3;1-2H3. The maximum Gasteiger partial charge on any atom is 0.356 e. The van der Waals surface area contributed by atoms with Crippen molar-refractivity contribution >= 4 is 32.8 Å². The highest BCUT2D eigenvalue weighted by molar-refractivity contribution is 9.10. The van der Waals surface area contributed by atoms with E-state index in [1.807, 2.05) is 32.0 Å². The fourth-order valence-corrected chi connectivity index (χ4v) is 2.02. The van der Waals surface area contributed by atoms with Crippen molar-refractivity contribution < 1.29 is 14.3 Å². The molecule has 0 N–H and O–H groups in total. The molecule has 1 aromatic heterocycles. The van der Waals surface area contributed by atoms with Crippen molar-refractivity contribution in [3.05, 3.63) is 34.4 Å². The Kier molecular flexibility index (Phi) is 5.76. The number of carbonyl (C=O) groups is 1. The number of nitrogens with zero attached hydrogens (tertiary/aromatic N) is 1. The van der Waals surface area contributed by atoms with E-state index in [4.69, 9.17) is 4.74 Å². The Bertz CT molecular complexity index is 584. The van der Waals surface area contributed by atoms with Crippen molar-refractivity contribution in [3.63, 3.8) is 0 Å². The molecular weight excluding hydrogens is 310 g/mol. The number of pyridine rings is 1. The molecule has 0 spiro atoms. The maximum absolute atomic E-state index is 11.5. The summed E-state index contributed by atoms with van der Waals surface area (Å²) < 4.78 is 10.7. The summed E-state index contributed by atoms with van der Waals surface area (Å²) >= 11 is 3.40. The van der Waals surface area contributed by atoms with Crippen molar-refractivity contribution in [2.24, 2.45) is 0 Å². The van der Waals surface area contributed by atoms with E-state index in [-0.39, 0.29) is 5.69 Å². The van der Waals surface area contributed by atoms with Crippen molar-refractivity contribution in [1.29, 1.82) is 0 Å². The second-order valence-corrected chi connectivity index (χ2v) is 4.19. The topological polar surface area (TPSA) is 48.4 Å². The van der Waals surface area contributed by atoms with Gasteiger partial charge in [0.05, 0.1) is 19.7 Å². The summed E-state index contributed by atoms with van der Waals surface area (Å²) in [5.74, 6) is 0.109. The SMILES string of the molecule is CC.COC(=O)c1cc(OC)c2cccc(Br)c2n1. The molecule has 2 aromatic rings. The number of rotatable bonds is 2. The van der Waals surface area contributed by atoms with Gasteiger partial charge in [0.1, 0.15) is 5.75 Å². The third-order valence-corrected chi connectivity index (χ3v) is 3.01. The second kappa shape index (κ2) is 7.09. The molecule has 5 heteroatoms. The van der Waals surface area contributed by atoms with Crippen LogP contribution in [-0.2, 0) is 4.74 Å². The molecule has 1 aromatic carbocycles. The molecule has 19 heavy (non-hydrogen) atoms. The van der Waals surface area contributed by atoms with Crippen LogP contribution in [-0.4, -0.2) is 25.2 Å². The molecule has 2 rings (SSSR count). The van der Waals surface area contributed by atoms with Gasteiger partial charge in [0, 0.05) is 15.9 Å². The van der Waals surface area contributed by atoms with Crippen molar-refractivity contribution in [2.75, 3.05) is 14.2 Å². The number of esters is 1. The van der Waals surface area contributed by atoms with Crippen LogP contribution in [0.25, 0.3) is 10.9 Å². The molecule has 1 heterocycles. The number of aromatic nitrogens is 1. The van der Waals surface area contributed by atoms with Crippen LogP contribution in [0.5, 0.6) is 5.75 Å². The lowest BCUT2D eigenvalue weighted by atomic mass is 10.2. The fourth-order valence-electron chi connectivity index (χ4n) is 1.56. The molecule has 0 atom stereocenters. The van der Waals surface area contributed by atoms with Crippen molar-refractivity contribution in [1.82, 2.24) is 4.98 Å². The highest BCUT2D eigenvalue weighted by Crippen LogP contribution is 2.30. The van der Waals surface area contributed by atoms with Gasteiger partial charge in [-0.15, -0.1) is 0 Å². The summed E-state index contributed by atoms with van der Waals surface area (Å²) in [6.45, 7) is 4.00. The van der Waals surface area contributed by atoms with Gasteiger partial charge in [-0.25, -0.2) is 9.78 Å². The first-order valence-corrected chi connectivity index (χ1v) is 6.68. The van der Waals surface area contributed by atoms with Gasteiger partial charge in [-0.2, -0.15) is 0 Å². The number of para-hydroxylation sites is 1. The molecule has 0 fully saturated rings. The van der Waals surface area contributed by atoms with Gasteiger partial charge >= 0.3 is 5.97 Å². The molecule has 0 radical (unpaired) electrons. The zero-order valence-electron chi connectivity index (χ0n) is 11.4. The van der Waals surface area contributed by atoms with Crippen LogP contribution in [0.2, 0.25) is 0 Å². The van der Waals surface area contributed by atoms with E-state index in [0.717, 1.165) is 9.86 Å². The monoisotopic (exact) mass is 325 g/mol. The molecule has 0 aliphatic heterocycles. The van der Waals surface area contributed by atoms with Crippen LogP contribution in [0.4, 0.5) is 0 Å². The number of methoxy groups -OCH3 is 2. The minimum atomic E-state index is -0.485. The third-order valence-electron chi connectivity index (χ3n) is 2.37. The van der Waals surface area contributed by atoms with E-state index in [2.05, 4.69) is 25.7 Å². The fraction of sp³-hybridized carbons (Fsp3) is 0.286. The Morgan fingerprint density at radius 1 is 1.26 bits per heavy atom. The van der Waals surface area contributed by atoms with E-state index in [9.17, 15) is 4.79 Å². The smallest absolute Gasteiger partial charge is 0.356 e. The highest BCUT2D eigenvalue weighted by Gasteiger charge is 2.13. The van der Waals surface area contributed by atoms with Gasteiger partial charge in [-0.3, -0.25) is 0 Å². The summed E-state index contributed by atoms with van der Waals surface area (Å²) in [4.78, 5) is 15.7. The minimum Gasteiger partial charge on any atom is -0.496 e. The zero-order chi connectivity index (χ0) is 14.4. The molecule has 0 bridgehead atoms. The number of ether oxygens (including phenoxy) is 2. The van der Waals surface area contributed by atoms with Crippen molar-refractivity contribution in [3.8, 4) is 5.75 Å². The molecular formula is C14H16BrNO3. The maximum atomic E-state index is 11.5. The van der Waals surface area contributed by atoms with Crippen LogP contribution >= 0.6 is 15.9 Å². The van der Waals surface area contributed by atoms with Crippen LogP contribution in [0, 0.1) is 0 Å². The Labute approximate surface area is 120 Å².